The smallest absolute Gasteiger partial charge is 0.407 e. The summed E-state index contributed by atoms with van der Waals surface area (Å²) in [6.45, 7) is 0.0697. The number of amides is 1. The van der Waals surface area contributed by atoms with Crippen molar-refractivity contribution in [2.45, 2.75) is 50.4 Å². The van der Waals surface area contributed by atoms with Crippen LogP contribution in [0.2, 0.25) is 0 Å². The van der Waals surface area contributed by atoms with Gasteiger partial charge in [0, 0.05) is 29.8 Å². The largest absolute Gasteiger partial charge is 0.465 e. The number of benzene rings is 1. The van der Waals surface area contributed by atoms with E-state index in [9.17, 15) is 20.0 Å². The fourth-order valence-electron chi connectivity index (χ4n) is 4.00. The van der Waals surface area contributed by atoms with E-state index in [0.29, 0.717) is 17.6 Å². The van der Waals surface area contributed by atoms with E-state index in [1.54, 1.807) is 18.2 Å². The number of fused-ring (bicyclic) bond motifs is 2. The summed E-state index contributed by atoms with van der Waals surface area (Å²) in [5.74, 6) is 0. The van der Waals surface area contributed by atoms with Crippen LogP contribution in [0, 0.1) is 10.1 Å². The van der Waals surface area contributed by atoms with Crippen LogP contribution in [0.5, 0.6) is 0 Å². The number of hydrogen-bond acceptors (Lipinski definition) is 4. The van der Waals surface area contributed by atoms with Crippen LogP contribution >= 0.6 is 0 Å². The van der Waals surface area contributed by atoms with Crippen LogP contribution in [-0.4, -0.2) is 51.1 Å². The topological polar surface area (TPSA) is 86.9 Å². The van der Waals surface area contributed by atoms with Crippen LogP contribution in [0.25, 0.3) is 0 Å². The number of nitrogens with zero attached hydrogens (tertiary/aromatic N) is 3. The third-order valence-corrected chi connectivity index (χ3v) is 5.29. The van der Waals surface area contributed by atoms with Gasteiger partial charge in [-0.15, -0.1) is 0 Å². The molecule has 1 aromatic carbocycles. The summed E-state index contributed by atoms with van der Waals surface area (Å²) >= 11 is 0. The van der Waals surface area contributed by atoms with Crippen LogP contribution < -0.4 is 0 Å². The molecule has 2 bridgehead atoms. The number of piperidine rings is 1. The number of nitro benzene ring substituents is 1. The van der Waals surface area contributed by atoms with Crippen molar-refractivity contribution >= 4 is 11.8 Å². The molecule has 1 aromatic rings. The highest BCUT2D eigenvalue weighted by Crippen LogP contribution is 2.37. The van der Waals surface area contributed by atoms with E-state index in [1.165, 1.54) is 11.0 Å². The van der Waals surface area contributed by atoms with E-state index in [2.05, 4.69) is 11.9 Å². The molecule has 0 aliphatic carbocycles. The van der Waals surface area contributed by atoms with Crippen molar-refractivity contribution < 1.29 is 14.8 Å². The van der Waals surface area contributed by atoms with Gasteiger partial charge in [-0.05, 0) is 32.7 Å². The summed E-state index contributed by atoms with van der Waals surface area (Å²) in [6, 6.07) is 7.15. The number of nitro groups is 1. The zero-order valence-corrected chi connectivity index (χ0v) is 13.1. The lowest BCUT2D eigenvalue weighted by Gasteiger charge is -2.40. The lowest BCUT2D eigenvalue weighted by atomic mass is 9.96. The van der Waals surface area contributed by atoms with Crippen molar-refractivity contribution in [2.24, 2.45) is 0 Å². The van der Waals surface area contributed by atoms with E-state index in [0.717, 1.165) is 25.7 Å². The van der Waals surface area contributed by atoms with Gasteiger partial charge in [0.2, 0.25) is 0 Å². The molecule has 0 aromatic heterocycles. The van der Waals surface area contributed by atoms with Gasteiger partial charge in [0.05, 0.1) is 11.5 Å². The fourth-order valence-corrected chi connectivity index (χ4v) is 4.00. The molecule has 2 aliphatic rings. The SMILES string of the molecule is CN1[C@@H]2CC[C@H]1C[C@@H](N(Cc1ccccc1[N+](=O)[O-])C(=O)O)C2. The molecule has 1 N–H and O–H groups in total. The lowest BCUT2D eigenvalue weighted by Crippen LogP contribution is -2.50. The quantitative estimate of drug-likeness (QED) is 0.681. The molecule has 2 fully saturated rings. The predicted molar refractivity (Wildman–Crippen MR) is 84.3 cm³/mol. The highest BCUT2D eigenvalue weighted by atomic mass is 16.6. The highest BCUT2D eigenvalue weighted by Gasteiger charge is 2.41. The average molecular weight is 319 g/mol. The summed E-state index contributed by atoms with van der Waals surface area (Å²) in [7, 11) is 2.10. The fraction of sp³-hybridized carbons (Fsp3) is 0.562. The number of carbonyl (C=O) groups is 1. The van der Waals surface area contributed by atoms with Gasteiger partial charge in [0.25, 0.3) is 5.69 Å². The number of carboxylic acid groups (broad SMARTS) is 1. The standard InChI is InChI=1S/C16H21N3O4/c1-17-12-6-7-13(17)9-14(8-12)18(16(20)21)10-11-4-2-3-5-15(11)19(22)23/h2-5,12-14H,6-10H2,1H3,(H,20,21)/t12-,13+,14+. The molecule has 23 heavy (non-hydrogen) atoms. The van der Waals surface area contributed by atoms with Crippen molar-refractivity contribution in [1.82, 2.24) is 9.80 Å². The minimum atomic E-state index is -1.00. The third-order valence-electron chi connectivity index (χ3n) is 5.29. The second-order valence-corrected chi connectivity index (χ2v) is 6.47. The second-order valence-electron chi connectivity index (χ2n) is 6.47. The molecule has 2 heterocycles. The maximum Gasteiger partial charge on any atom is 0.407 e. The van der Waals surface area contributed by atoms with E-state index in [4.69, 9.17) is 0 Å². The molecule has 2 saturated heterocycles. The molecule has 124 valence electrons. The van der Waals surface area contributed by atoms with Gasteiger partial charge in [-0.25, -0.2) is 4.79 Å². The minimum absolute atomic E-state index is 0.0188. The van der Waals surface area contributed by atoms with Crippen LogP contribution in [-0.2, 0) is 6.54 Å². The first-order valence-corrected chi connectivity index (χ1v) is 7.91. The molecule has 0 unspecified atom stereocenters. The number of para-hydroxylation sites is 1. The first-order valence-electron chi connectivity index (χ1n) is 7.91. The molecule has 3 rings (SSSR count). The van der Waals surface area contributed by atoms with Gasteiger partial charge in [-0.2, -0.15) is 0 Å². The minimum Gasteiger partial charge on any atom is -0.465 e. The van der Waals surface area contributed by atoms with Gasteiger partial charge >= 0.3 is 6.09 Å². The van der Waals surface area contributed by atoms with Gasteiger partial charge in [0.1, 0.15) is 0 Å². The highest BCUT2D eigenvalue weighted by molar-refractivity contribution is 5.66. The zero-order chi connectivity index (χ0) is 16.6. The van der Waals surface area contributed by atoms with Gasteiger partial charge in [-0.1, -0.05) is 18.2 Å². The predicted octanol–water partition coefficient (Wildman–Crippen LogP) is 2.70. The van der Waals surface area contributed by atoms with Crippen molar-refractivity contribution in [1.29, 1.82) is 0 Å². The summed E-state index contributed by atoms with van der Waals surface area (Å²) in [5, 5.41) is 20.8. The van der Waals surface area contributed by atoms with Crippen molar-refractivity contribution in [2.75, 3.05) is 7.05 Å². The Bertz CT molecular complexity index is 607. The molecule has 7 nitrogen and oxygen atoms in total. The van der Waals surface area contributed by atoms with E-state index < -0.39 is 11.0 Å². The summed E-state index contributed by atoms with van der Waals surface area (Å²) in [5.41, 5.74) is 0.431. The average Bonchev–Trinajstić information content (AvgIpc) is 2.74. The molecule has 0 spiro atoms. The van der Waals surface area contributed by atoms with Gasteiger partial charge in [-0.3, -0.25) is 10.1 Å². The summed E-state index contributed by atoms with van der Waals surface area (Å²) in [4.78, 5) is 26.2. The first-order chi connectivity index (χ1) is 11.0. The lowest BCUT2D eigenvalue weighted by molar-refractivity contribution is -0.385. The summed E-state index contributed by atoms with van der Waals surface area (Å²) in [6.07, 6.45) is 2.82. The van der Waals surface area contributed by atoms with E-state index >= 15 is 0 Å². The molecule has 3 atom stereocenters. The number of hydrogen-bond donors (Lipinski definition) is 1. The summed E-state index contributed by atoms with van der Waals surface area (Å²) < 4.78 is 0. The van der Waals surface area contributed by atoms with Crippen molar-refractivity contribution in [3.05, 3.63) is 39.9 Å². The molecular weight excluding hydrogens is 298 g/mol. The Morgan fingerprint density at radius 2 is 1.96 bits per heavy atom. The first kappa shape index (κ1) is 15.7. The van der Waals surface area contributed by atoms with Crippen LogP contribution in [0.4, 0.5) is 10.5 Å². The normalized spacial score (nSPS) is 26.9. The van der Waals surface area contributed by atoms with Crippen molar-refractivity contribution in [3.63, 3.8) is 0 Å². The number of rotatable bonds is 4. The second kappa shape index (κ2) is 6.16. The van der Waals surface area contributed by atoms with Crippen LogP contribution in [0.3, 0.4) is 0 Å². The Kier molecular flexibility index (Phi) is 4.21. The van der Waals surface area contributed by atoms with Crippen LogP contribution in [0.1, 0.15) is 31.2 Å². The Hall–Kier alpha value is -2.15. The van der Waals surface area contributed by atoms with Gasteiger partial charge < -0.3 is 14.9 Å². The molecule has 0 radical (unpaired) electrons. The molecule has 1 amide bonds. The van der Waals surface area contributed by atoms with E-state index in [-0.39, 0.29) is 18.3 Å². The Morgan fingerprint density at radius 1 is 1.35 bits per heavy atom. The Morgan fingerprint density at radius 3 is 2.52 bits per heavy atom. The molecule has 7 heteroatoms. The van der Waals surface area contributed by atoms with Crippen molar-refractivity contribution in [3.8, 4) is 0 Å². The molecule has 0 saturated carbocycles. The maximum absolute atomic E-state index is 11.7. The molecular formula is C16H21N3O4. The molecule has 2 aliphatic heterocycles. The maximum atomic E-state index is 11.7. The Balaban J connectivity index is 1.81. The van der Waals surface area contributed by atoms with Gasteiger partial charge in [0.15, 0.2) is 0 Å². The zero-order valence-electron chi connectivity index (χ0n) is 13.1. The third kappa shape index (κ3) is 3.01. The van der Waals surface area contributed by atoms with E-state index in [1.807, 2.05) is 0 Å². The monoisotopic (exact) mass is 319 g/mol. The van der Waals surface area contributed by atoms with Crippen LogP contribution in [0.15, 0.2) is 24.3 Å². The Labute approximate surface area is 134 Å².